The molecule has 3 unspecified atom stereocenters. The average Bonchev–Trinajstić information content (AvgIpc) is 2.60. The van der Waals surface area contributed by atoms with Gasteiger partial charge in [0.1, 0.15) is 0 Å². The van der Waals surface area contributed by atoms with Crippen molar-refractivity contribution < 1.29 is 9.53 Å². The van der Waals surface area contributed by atoms with Crippen LogP contribution in [0.5, 0.6) is 0 Å². The molecule has 1 fully saturated rings. The van der Waals surface area contributed by atoms with Crippen molar-refractivity contribution in [3.8, 4) is 0 Å². The molecule has 1 saturated heterocycles. The first-order valence-corrected chi connectivity index (χ1v) is 5.61. The van der Waals surface area contributed by atoms with Crippen molar-refractivity contribution in [2.24, 2.45) is 17.6 Å². The van der Waals surface area contributed by atoms with Gasteiger partial charge in [-0.25, -0.2) is 0 Å². The van der Waals surface area contributed by atoms with E-state index in [9.17, 15) is 4.79 Å². The molecular weight excluding hydrogens is 212 g/mol. The molecule has 15 heavy (non-hydrogen) atoms. The maximum absolute atomic E-state index is 11.7. The number of thiocarbonyl (C=S) groups is 1. The van der Waals surface area contributed by atoms with Gasteiger partial charge in [-0.2, -0.15) is 0 Å². The van der Waals surface area contributed by atoms with E-state index in [4.69, 9.17) is 22.7 Å². The Morgan fingerprint density at radius 1 is 1.73 bits per heavy atom. The van der Waals surface area contributed by atoms with Crippen LogP contribution in [0.15, 0.2) is 0 Å². The topological polar surface area (TPSA) is 64.3 Å². The SMILES string of the molecule is CC(CNC(=O)C1CCOC1C)C(N)=S. The molecule has 1 rings (SSSR count). The van der Waals surface area contributed by atoms with E-state index < -0.39 is 0 Å². The second-order valence-electron chi connectivity index (χ2n) is 4.02. The molecule has 0 aromatic rings. The maximum Gasteiger partial charge on any atom is 0.225 e. The fraction of sp³-hybridized carbons (Fsp3) is 0.800. The molecule has 5 heteroatoms. The van der Waals surface area contributed by atoms with Crippen LogP contribution < -0.4 is 11.1 Å². The lowest BCUT2D eigenvalue weighted by Crippen LogP contribution is -2.39. The standard InChI is InChI=1S/C10H18N2O2S/c1-6(9(11)15)5-12-10(13)8-3-4-14-7(8)2/h6-8H,3-5H2,1-2H3,(H2,11,15)(H,12,13). The van der Waals surface area contributed by atoms with Gasteiger partial charge >= 0.3 is 0 Å². The number of nitrogens with one attached hydrogen (secondary N) is 1. The van der Waals surface area contributed by atoms with E-state index in [0.717, 1.165) is 6.42 Å². The highest BCUT2D eigenvalue weighted by Gasteiger charge is 2.30. The minimum Gasteiger partial charge on any atom is -0.393 e. The molecule has 0 aromatic heterocycles. The summed E-state index contributed by atoms with van der Waals surface area (Å²) in [6.07, 6.45) is 0.819. The summed E-state index contributed by atoms with van der Waals surface area (Å²) < 4.78 is 5.33. The first-order valence-electron chi connectivity index (χ1n) is 5.21. The van der Waals surface area contributed by atoms with Crippen LogP contribution in [0.3, 0.4) is 0 Å². The van der Waals surface area contributed by atoms with Crippen LogP contribution in [0.4, 0.5) is 0 Å². The van der Waals surface area contributed by atoms with Crippen LogP contribution in [0, 0.1) is 11.8 Å². The highest BCUT2D eigenvalue weighted by Crippen LogP contribution is 2.20. The Morgan fingerprint density at radius 2 is 2.40 bits per heavy atom. The summed E-state index contributed by atoms with van der Waals surface area (Å²) in [5.74, 6) is 0.0632. The van der Waals surface area contributed by atoms with Gasteiger partial charge in [0.05, 0.1) is 17.0 Å². The zero-order chi connectivity index (χ0) is 11.4. The smallest absolute Gasteiger partial charge is 0.225 e. The molecule has 0 aliphatic carbocycles. The third-order valence-electron chi connectivity index (χ3n) is 2.78. The lowest BCUT2D eigenvalue weighted by atomic mass is 10.0. The van der Waals surface area contributed by atoms with E-state index in [0.29, 0.717) is 18.1 Å². The van der Waals surface area contributed by atoms with Gasteiger partial charge in [-0.05, 0) is 13.3 Å². The molecule has 3 N–H and O–H groups in total. The summed E-state index contributed by atoms with van der Waals surface area (Å²) >= 11 is 4.83. The van der Waals surface area contributed by atoms with Gasteiger partial charge in [0.2, 0.25) is 5.91 Å². The van der Waals surface area contributed by atoms with Crippen molar-refractivity contribution in [2.45, 2.75) is 26.4 Å². The number of nitrogens with two attached hydrogens (primary N) is 1. The van der Waals surface area contributed by atoms with Crippen molar-refractivity contribution in [2.75, 3.05) is 13.2 Å². The molecule has 0 saturated carbocycles. The van der Waals surface area contributed by atoms with E-state index in [1.54, 1.807) is 0 Å². The Hall–Kier alpha value is -0.680. The van der Waals surface area contributed by atoms with Gasteiger partial charge in [0.15, 0.2) is 0 Å². The fourth-order valence-electron chi connectivity index (χ4n) is 1.56. The molecule has 3 atom stereocenters. The number of carbonyl (C=O) groups is 1. The maximum atomic E-state index is 11.7. The second-order valence-corrected chi connectivity index (χ2v) is 4.49. The Kier molecular flexibility index (Phi) is 4.47. The van der Waals surface area contributed by atoms with Crippen molar-refractivity contribution in [3.05, 3.63) is 0 Å². The minimum absolute atomic E-state index is 0.0186. The van der Waals surface area contributed by atoms with E-state index in [-0.39, 0.29) is 23.8 Å². The Labute approximate surface area is 95.5 Å². The predicted molar refractivity (Wildman–Crippen MR) is 62.5 cm³/mol. The zero-order valence-corrected chi connectivity index (χ0v) is 9.97. The van der Waals surface area contributed by atoms with Crippen LogP contribution in [-0.2, 0) is 9.53 Å². The summed E-state index contributed by atoms with van der Waals surface area (Å²) in [4.78, 5) is 12.1. The third kappa shape index (κ3) is 3.43. The molecule has 1 aliphatic heterocycles. The predicted octanol–water partition coefficient (Wildman–Crippen LogP) is 0.450. The van der Waals surface area contributed by atoms with E-state index >= 15 is 0 Å². The van der Waals surface area contributed by atoms with Crippen LogP contribution in [0.1, 0.15) is 20.3 Å². The number of hydrogen-bond acceptors (Lipinski definition) is 3. The number of rotatable bonds is 4. The van der Waals surface area contributed by atoms with Gasteiger partial charge in [-0.3, -0.25) is 4.79 Å². The van der Waals surface area contributed by atoms with Gasteiger partial charge < -0.3 is 15.8 Å². The molecule has 0 aromatic carbocycles. The van der Waals surface area contributed by atoms with Gasteiger partial charge in [0.25, 0.3) is 0 Å². The van der Waals surface area contributed by atoms with Crippen LogP contribution >= 0.6 is 12.2 Å². The van der Waals surface area contributed by atoms with Crippen molar-refractivity contribution >= 4 is 23.1 Å². The first-order chi connectivity index (χ1) is 7.02. The molecule has 1 aliphatic rings. The summed E-state index contributed by atoms with van der Waals surface area (Å²) in [6.45, 7) is 5.01. The van der Waals surface area contributed by atoms with Gasteiger partial charge in [-0.15, -0.1) is 0 Å². The molecule has 0 radical (unpaired) electrons. The van der Waals surface area contributed by atoms with E-state index in [1.165, 1.54) is 0 Å². The van der Waals surface area contributed by atoms with E-state index in [2.05, 4.69) is 5.32 Å². The molecular formula is C10H18N2O2S. The van der Waals surface area contributed by atoms with Crippen LogP contribution in [0.2, 0.25) is 0 Å². The molecule has 0 spiro atoms. The Bertz CT molecular complexity index is 258. The average molecular weight is 230 g/mol. The Balaban J connectivity index is 2.32. The lowest BCUT2D eigenvalue weighted by Gasteiger charge is -2.16. The summed E-state index contributed by atoms with van der Waals surface area (Å²) in [6, 6.07) is 0. The largest absolute Gasteiger partial charge is 0.393 e. The number of ether oxygens (including phenoxy) is 1. The van der Waals surface area contributed by atoms with Crippen molar-refractivity contribution in [1.29, 1.82) is 0 Å². The fourth-order valence-corrected chi connectivity index (χ4v) is 1.64. The van der Waals surface area contributed by atoms with Gasteiger partial charge in [-0.1, -0.05) is 19.1 Å². The van der Waals surface area contributed by atoms with Crippen LogP contribution in [0.25, 0.3) is 0 Å². The van der Waals surface area contributed by atoms with E-state index in [1.807, 2.05) is 13.8 Å². The summed E-state index contributed by atoms with van der Waals surface area (Å²) in [7, 11) is 0. The summed E-state index contributed by atoms with van der Waals surface area (Å²) in [5.41, 5.74) is 5.46. The molecule has 4 nitrogen and oxygen atoms in total. The first kappa shape index (κ1) is 12.4. The van der Waals surface area contributed by atoms with Crippen molar-refractivity contribution in [1.82, 2.24) is 5.32 Å². The highest BCUT2D eigenvalue weighted by atomic mass is 32.1. The number of carbonyl (C=O) groups excluding carboxylic acids is 1. The third-order valence-corrected chi connectivity index (χ3v) is 3.18. The molecule has 86 valence electrons. The monoisotopic (exact) mass is 230 g/mol. The highest BCUT2D eigenvalue weighted by molar-refractivity contribution is 7.80. The normalized spacial score (nSPS) is 27.3. The minimum atomic E-state index is -0.0245. The van der Waals surface area contributed by atoms with Crippen LogP contribution in [-0.4, -0.2) is 30.2 Å². The number of amides is 1. The molecule has 1 amide bonds. The number of hydrogen-bond donors (Lipinski definition) is 2. The zero-order valence-electron chi connectivity index (χ0n) is 9.16. The lowest BCUT2D eigenvalue weighted by molar-refractivity contribution is -0.126. The quantitative estimate of drug-likeness (QED) is 0.688. The Morgan fingerprint density at radius 3 is 2.87 bits per heavy atom. The summed E-state index contributed by atoms with van der Waals surface area (Å²) in [5, 5.41) is 2.85. The molecule has 1 heterocycles. The second kappa shape index (κ2) is 5.42. The van der Waals surface area contributed by atoms with Crippen molar-refractivity contribution in [3.63, 3.8) is 0 Å². The van der Waals surface area contributed by atoms with Gasteiger partial charge in [0, 0.05) is 19.1 Å². The molecule has 0 bridgehead atoms.